The molecule has 2 amide bonds. The molecule has 1 heterocycles. The molecule has 2 aliphatic rings. The van der Waals surface area contributed by atoms with Gasteiger partial charge in [-0.15, -0.1) is 0 Å². The molecule has 142 valence electrons. The van der Waals surface area contributed by atoms with Crippen LogP contribution in [0.3, 0.4) is 0 Å². The number of hydrogen-bond donors (Lipinski definition) is 2. The van der Waals surface area contributed by atoms with Crippen molar-refractivity contribution < 1.29 is 14.7 Å². The average Bonchev–Trinajstić information content (AvgIpc) is 3.04. The second kappa shape index (κ2) is 8.18. The van der Waals surface area contributed by atoms with Crippen molar-refractivity contribution in [1.82, 2.24) is 15.1 Å². The van der Waals surface area contributed by atoms with Gasteiger partial charge in [0.05, 0.1) is 19.1 Å². The minimum Gasteiger partial charge on any atom is -0.395 e. The van der Waals surface area contributed by atoms with Crippen LogP contribution in [0, 0.1) is 0 Å². The third-order valence-electron chi connectivity index (χ3n) is 5.52. The summed E-state index contributed by atoms with van der Waals surface area (Å²) in [5.74, 6) is -0.134. The van der Waals surface area contributed by atoms with Crippen LogP contribution in [0.5, 0.6) is 0 Å². The lowest BCUT2D eigenvalue weighted by molar-refractivity contribution is -0.141. The van der Waals surface area contributed by atoms with Crippen molar-refractivity contribution in [1.29, 1.82) is 0 Å². The molecule has 1 fully saturated rings. The van der Waals surface area contributed by atoms with Crippen molar-refractivity contribution in [3.8, 4) is 0 Å². The van der Waals surface area contributed by atoms with E-state index in [9.17, 15) is 14.7 Å². The van der Waals surface area contributed by atoms with Crippen LogP contribution in [0.1, 0.15) is 31.4 Å². The Morgan fingerprint density at radius 2 is 1.96 bits per heavy atom. The highest BCUT2D eigenvalue weighted by atomic mass is 16.3. The fraction of sp³-hybridized carbons (Fsp3) is 0.600. The van der Waals surface area contributed by atoms with Crippen LogP contribution < -0.4 is 5.32 Å². The fourth-order valence-corrected chi connectivity index (χ4v) is 4.21. The summed E-state index contributed by atoms with van der Waals surface area (Å²) in [6.45, 7) is 5.49. The van der Waals surface area contributed by atoms with Gasteiger partial charge in [-0.2, -0.15) is 0 Å². The summed E-state index contributed by atoms with van der Waals surface area (Å²) in [6.07, 6.45) is 2.02. The summed E-state index contributed by atoms with van der Waals surface area (Å²) < 4.78 is 0. The monoisotopic (exact) mass is 359 g/mol. The molecule has 6 heteroatoms. The van der Waals surface area contributed by atoms with Crippen LogP contribution in [0.25, 0.3) is 0 Å². The van der Waals surface area contributed by atoms with Crippen molar-refractivity contribution in [2.24, 2.45) is 0 Å². The molecule has 1 atom stereocenters. The summed E-state index contributed by atoms with van der Waals surface area (Å²) >= 11 is 0. The molecule has 1 aromatic carbocycles. The largest absolute Gasteiger partial charge is 0.395 e. The van der Waals surface area contributed by atoms with E-state index in [1.165, 1.54) is 11.1 Å². The quantitative estimate of drug-likeness (QED) is 0.779. The van der Waals surface area contributed by atoms with E-state index in [4.69, 9.17) is 0 Å². The molecule has 1 aromatic rings. The Bertz CT molecular complexity index is 636. The van der Waals surface area contributed by atoms with E-state index in [1.807, 2.05) is 13.8 Å². The predicted molar refractivity (Wildman–Crippen MR) is 99.7 cm³/mol. The Morgan fingerprint density at radius 1 is 1.31 bits per heavy atom. The molecule has 0 saturated carbocycles. The van der Waals surface area contributed by atoms with Crippen LogP contribution >= 0.6 is 0 Å². The van der Waals surface area contributed by atoms with E-state index in [0.717, 1.165) is 19.4 Å². The summed E-state index contributed by atoms with van der Waals surface area (Å²) in [5.41, 5.74) is 2.69. The molecule has 1 aliphatic carbocycles. The molecular weight excluding hydrogens is 330 g/mol. The van der Waals surface area contributed by atoms with E-state index < -0.39 is 6.04 Å². The highest BCUT2D eigenvalue weighted by molar-refractivity contribution is 5.89. The van der Waals surface area contributed by atoms with E-state index in [1.54, 1.807) is 4.90 Å². The van der Waals surface area contributed by atoms with Crippen molar-refractivity contribution in [2.45, 2.75) is 51.2 Å². The second-order valence-electron chi connectivity index (χ2n) is 7.48. The molecule has 0 aromatic heterocycles. The van der Waals surface area contributed by atoms with Gasteiger partial charge >= 0.3 is 0 Å². The van der Waals surface area contributed by atoms with Gasteiger partial charge in [0.25, 0.3) is 0 Å². The first-order valence-electron chi connectivity index (χ1n) is 9.51. The number of carbonyl (C=O) groups is 2. The summed E-state index contributed by atoms with van der Waals surface area (Å²) in [5, 5.41) is 12.1. The number of nitrogens with zero attached hydrogens (tertiary/aromatic N) is 2. The Hall–Kier alpha value is -1.92. The summed E-state index contributed by atoms with van der Waals surface area (Å²) in [7, 11) is 0. The standard InChI is InChI=1S/C20H29N3O3/c1-14(2)22(9-10-24)19(25)13-18-20(26)21-7-8-23(18)17-11-15-5-3-4-6-16(15)12-17/h3-6,14,17-18,24H,7-13H2,1-2H3,(H,21,26)/t18-/m0/s1. The number of piperazine rings is 1. The molecule has 0 unspecified atom stereocenters. The van der Waals surface area contributed by atoms with Gasteiger partial charge in [0.2, 0.25) is 11.8 Å². The molecule has 0 bridgehead atoms. The second-order valence-corrected chi connectivity index (χ2v) is 7.48. The number of nitrogens with one attached hydrogen (secondary N) is 1. The molecule has 0 spiro atoms. The molecule has 3 rings (SSSR count). The maximum atomic E-state index is 12.8. The maximum absolute atomic E-state index is 12.8. The number of carbonyl (C=O) groups excluding carboxylic acids is 2. The zero-order valence-electron chi connectivity index (χ0n) is 15.6. The van der Waals surface area contributed by atoms with Crippen LogP contribution in [0.4, 0.5) is 0 Å². The summed E-state index contributed by atoms with van der Waals surface area (Å²) in [4.78, 5) is 29.2. The smallest absolute Gasteiger partial charge is 0.237 e. The number of hydrogen-bond acceptors (Lipinski definition) is 4. The Labute approximate surface area is 155 Å². The number of aliphatic hydroxyl groups is 1. The van der Waals surface area contributed by atoms with Crippen molar-refractivity contribution in [3.63, 3.8) is 0 Å². The highest BCUT2D eigenvalue weighted by Crippen LogP contribution is 2.28. The molecule has 1 aliphatic heterocycles. The number of benzene rings is 1. The predicted octanol–water partition coefficient (Wildman–Crippen LogP) is 0.574. The SMILES string of the molecule is CC(C)N(CCO)C(=O)C[C@H]1C(=O)NCCN1C1Cc2ccccc2C1. The minimum absolute atomic E-state index is 0.00508. The van der Waals surface area contributed by atoms with E-state index in [-0.39, 0.29) is 36.9 Å². The van der Waals surface area contributed by atoms with Crippen LogP contribution in [0.2, 0.25) is 0 Å². The van der Waals surface area contributed by atoms with Crippen LogP contribution in [0.15, 0.2) is 24.3 Å². The van der Waals surface area contributed by atoms with Crippen LogP contribution in [-0.4, -0.2) is 71.1 Å². The Kier molecular flexibility index (Phi) is 5.94. The van der Waals surface area contributed by atoms with Gasteiger partial charge in [0.1, 0.15) is 0 Å². The van der Waals surface area contributed by atoms with E-state index >= 15 is 0 Å². The molecule has 2 N–H and O–H groups in total. The highest BCUT2D eigenvalue weighted by Gasteiger charge is 2.38. The van der Waals surface area contributed by atoms with Crippen molar-refractivity contribution in [2.75, 3.05) is 26.2 Å². The molecule has 26 heavy (non-hydrogen) atoms. The van der Waals surface area contributed by atoms with Gasteiger partial charge in [-0.1, -0.05) is 24.3 Å². The van der Waals surface area contributed by atoms with E-state index in [2.05, 4.69) is 34.5 Å². The molecule has 1 saturated heterocycles. The molecule has 0 radical (unpaired) electrons. The maximum Gasteiger partial charge on any atom is 0.237 e. The van der Waals surface area contributed by atoms with Gasteiger partial charge in [0, 0.05) is 31.7 Å². The Morgan fingerprint density at radius 3 is 2.54 bits per heavy atom. The lowest BCUT2D eigenvalue weighted by Crippen LogP contribution is -2.60. The first kappa shape index (κ1) is 18.9. The first-order chi connectivity index (χ1) is 12.5. The third-order valence-corrected chi connectivity index (χ3v) is 5.52. The van der Waals surface area contributed by atoms with Gasteiger partial charge in [0.15, 0.2) is 0 Å². The zero-order chi connectivity index (χ0) is 18.7. The number of amides is 2. The van der Waals surface area contributed by atoms with Gasteiger partial charge in [-0.05, 0) is 37.8 Å². The number of fused-ring (bicyclic) bond motifs is 1. The third kappa shape index (κ3) is 3.91. The molecule has 6 nitrogen and oxygen atoms in total. The number of aliphatic hydroxyl groups excluding tert-OH is 1. The average molecular weight is 359 g/mol. The van der Waals surface area contributed by atoms with E-state index in [0.29, 0.717) is 13.1 Å². The number of rotatable bonds is 6. The zero-order valence-corrected chi connectivity index (χ0v) is 15.6. The van der Waals surface area contributed by atoms with Gasteiger partial charge < -0.3 is 15.3 Å². The lowest BCUT2D eigenvalue weighted by atomic mass is 10.0. The topological polar surface area (TPSA) is 72.9 Å². The van der Waals surface area contributed by atoms with Crippen molar-refractivity contribution >= 4 is 11.8 Å². The minimum atomic E-state index is -0.435. The fourth-order valence-electron chi connectivity index (χ4n) is 4.21. The van der Waals surface area contributed by atoms with Gasteiger partial charge in [-0.3, -0.25) is 14.5 Å². The normalized spacial score (nSPS) is 20.9. The summed E-state index contributed by atoms with van der Waals surface area (Å²) in [6, 6.07) is 8.26. The Balaban J connectivity index is 1.73. The lowest BCUT2D eigenvalue weighted by Gasteiger charge is -2.40. The first-order valence-corrected chi connectivity index (χ1v) is 9.51. The van der Waals surface area contributed by atoms with Crippen LogP contribution in [-0.2, 0) is 22.4 Å². The van der Waals surface area contributed by atoms with Gasteiger partial charge in [-0.25, -0.2) is 0 Å². The molecular formula is C20H29N3O3. The van der Waals surface area contributed by atoms with Crippen molar-refractivity contribution in [3.05, 3.63) is 35.4 Å².